The average molecular weight is 340 g/mol. The van der Waals surface area contributed by atoms with E-state index in [9.17, 15) is 9.90 Å². The molecule has 4 N–H and O–H groups in total. The number of nitrogens with zero attached hydrogens (tertiary/aromatic N) is 2. The molecule has 6 heteroatoms. The van der Waals surface area contributed by atoms with Crippen molar-refractivity contribution in [1.82, 2.24) is 9.88 Å². The Kier molecular flexibility index (Phi) is 5.50. The zero-order valence-corrected chi connectivity index (χ0v) is 14.2. The molecule has 2 heterocycles. The summed E-state index contributed by atoms with van der Waals surface area (Å²) in [5.41, 5.74) is 7.18. The number of rotatable bonds is 5. The predicted octanol–water partition coefficient (Wildman–Crippen LogP) is 1.60. The summed E-state index contributed by atoms with van der Waals surface area (Å²) in [4.78, 5) is 16.7. The molecule has 0 aliphatic carbocycles. The van der Waals surface area contributed by atoms with Crippen molar-refractivity contribution in [2.75, 3.05) is 6.54 Å². The van der Waals surface area contributed by atoms with Gasteiger partial charge in [-0.15, -0.1) is 0 Å². The van der Waals surface area contributed by atoms with Crippen LogP contribution in [-0.4, -0.2) is 28.1 Å². The zero-order chi connectivity index (χ0) is 17.6. The molecule has 6 nitrogen and oxygen atoms in total. The Labute approximate surface area is 147 Å². The summed E-state index contributed by atoms with van der Waals surface area (Å²) >= 11 is 0. The standard InChI is InChI=1S/C19H24N4O2/c20-18-16(8-4-5-10-21-18)22-12-15-9-11-23(19(25)17(15)24)13-14-6-2-1-3-7-14/h1-3,6-7,9,11,16,22,24H,4-5,8,10,12-13H2,(H2,20,21). The van der Waals surface area contributed by atoms with Crippen molar-refractivity contribution < 1.29 is 5.11 Å². The van der Waals surface area contributed by atoms with Crippen LogP contribution in [0, 0.1) is 0 Å². The van der Waals surface area contributed by atoms with Crippen molar-refractivity contribution in [2.45, 2.75) is 38.4 Å². The van der Waals surface area contributed by atoms with Gasteiger partial charge in [-0.25, -0.2) is 0 Å². The van der Waals surface area contributed by atoms with Gasteiger partial charge in [-0.2, -0.15) is 0 Å². The zero-order valence-electron chi connectivity index (χ0n) is 14.2. The fraction of sp³-hybridized carbons (Fsp3) is 0.368. The summed E-state index contributed by atoms with van der Waals surface area (Å²) in [6, 6.07) is 11.5. The summed E-state index contributed by atoms with van der Waals surface area (Å²) in [5.74, 6) is 0.393. The molecule has 1 atom stereocenters. The number of aliphatic imine (C=N–C) groups is 1. The van der Waals surface area contributed by atoms with Crippen molar-refractivity contribution in [2.24, 2.45) is 10.7 Å². The quantitative estimate of drug-likeness (QED) is 0.771. The van der Waals surface area contributed by atoms with Crippen LogP contribution in [0.3, 0.4) is 0 Å². The van der Waals surface area contributed by atoms with Gasteiger partial charge in [0.2, 0.25) is 0 Å². The maximum atomic E-state index is 12.4. The van der Waals surface area contributed by atoms with E-state index in [1.807, 2.05) is 30.3 Å². The highest BCUT2D eigenvalue weighted by Gasteiger charge is 2.16. The first-order valence-corrected chi connectivity index (χ1v) is 8.63. The molecule has 2 aromatic rings. The van der Waals surface area contributed by atoms with E-state index in [2.05, 4.69) is 10.3 Å². The highest BCUT2D eigenvalue weighted by Crippen LogP contribution is 2.13. The van der Waals surface area contributed by atoms with Crippen molar-refractivity contribution in [3.63, 3.8) is 0 Å². The Morgan fingerprint density at radius 3 is 2.84 bits per heavy atom. The van der Waals surface area contributed by atoms with Crippen LogP contribution in [0.25, 0.3) is 0 Å². The summed E-state index contributed by atoms with van der Waals surface area (Å²) in [5, 5.41) is 13.6. The third kappa shape index (κ3) is 4.28. The van der Waals surface area contributed by atoms with Crippen molar-refractivity contribution in [3.05, 3.63) is 64.1 Å². The lowest BCUT2D eigenvalue weighted by molar-refractivity contribution is 0.445. The Morgan fingerprint density at radius 1 is 1.24 bits per heavy atom. The van der Waals surface area contributed by atoms with Gasteiger partial charge in [0.1, 0.15) is 5.84 Å². The van der Waals surface area contributed by atoms with E-state index < -0.39 is 0 Å². The number of nitrogens with two attached hydrogens (primary N) is 1. The molecule has 0 radical (unpaired) electrons. The van der Waals surface area contributed by atoms with Gasteiger partial charge in [0.25, 0.3) is 5.56 Å². The van der Waals surface area contributed by atoms with E-state index in [4.69, 9.17) is 5.73 Å². The minimum Gasteiger partial charge on any atom is -0.503 e. The van der Waals surface area contributed by atoms with Gasteiger partial charge in [-0.05, 0) is 30.9 Å². The maximum absolute atomic E-state index is 12.4. The van der Waals surface area contributed by atoms with E-state index in [-0.39, 0.29) is 17.4 Å². The lowest BCUT2D eigenvalue weighted by Gasteiger charge is -2.17. The number of hydrogen-bond donors (Lipinski definition) is 3. The smallest absolute Gasteiger partial charge is 0.293 e. The van der Waals surface area contributed by atoms with E-state index in [0.29, 0.717) is 24.5 Å². The van der Waals surface area contributed by atoms with Crippen molar-refractivity contribution >= 4 is 5.84 Å². The van der Waals surface area contributed by atoms with Gasteiger partial charge in [0.05, 0.1) is 12.6 Å². The van der Waals surface area contributed by atoms with Gasteiger partial charge in [-0.3, -0.25) is 9.79 Å². The number of aromatic nitrogens is 1. The van der Waals surface area contributed by atoms with Gasteiger partial charge >= 0.3 is 0 Å². The van der Waals surface area contributed by atoms with Gasteiger partial charge in [0.15, 0.2) is 5.75 Å². The molecular weight excluding hydrogens is 316 g/mol. The highest BCUT2D eigenvalue weighted by atomic mass is 16.3. The molecule has 0 spiro atoms. The van der Waals surface area contributed by atoms with Gasteiger partial charge < -0.3 is 20.7 Å². The number of pyridine rings is 1. The molecule has 1 aromatic heterocycles. The summed E-state index contributed by atoms with van der Waals surface area (Å²) in [6.07, 6.45) is 4.74. The molecule has 132 valence electrons. The van der Waals surface area contributed by atoms with Gasteiger partial charge in [-0.1, -0.05) is 30.3 Å². The third-order valence-electron chi connectivity index (χ3n) is 4.51. The lowest BCUT2D eigenvalue weighted by Crippen LogP contribution is -2.40. The minimum absolute atomic E-state index is 0.00588. The first kappa shape index (κ1) is 17.2. The number of amidine groups is 1. The van der Waals surface area contributed by atoms with Crippen molar-refractivity contribution in [3.8, 4) is 5.75 Å². The molecule has 1 aliphatic heterocycles. The predicted molar refractivity (Wildman–Crippen MR) is 98.9 cm³/mol. The molecular formula is C19H24N4O2. The highest BCUT2D eigenvalue weighted by molar-refractivity contribution is 5.85. The summed E-state index contributed by atoms with van der Waals surface area (Å²) in [6.45, 7) is 1.59. The largest absolute Gasteiger partial charge is 0.503 e. The van der Waals surface area contributed by atoms with Crippen LogP contribution in [-0.2, 0) is 13.1 Å². The summed E-state index contributed by atoms with van der Waals surface area (Å²) < 4.78 is 1.51. The molecule has 0 saturated carbocycles. The Bertz CT molecular complexity index is 799. The number of hydrogen-bond acceptors (Lipinski definition) is 5. The molecule has 0 bridgehead atoms. The average Bonchev–Trinajstić information content (AvgIpc) is 2.83. The first-order chi connectivity index (χ1) is 12.1. The van der Waals surface area contributed by atoms with Crippen molar-refractivity contribution in [1.29, 1.82) is 0 Å². The van der Waals surface area contributed by atoms with Crippen LogP contribution in [0.2, 0.25) is 0 Å². The number of nitrogens with one attached hydrogen (secondary N) is 1. The number of aromatic hydroxyl groups is 1. The van der Waals surface area contributed by atoms with E-state index >= 15 is 0 Å². The van der Waals surface area contributed by atoms with Crippen LogP contribution in [0.4, 0.5) is 0 Å². The Morgan fingerprint density at radius 2 is 2.04 bits per heavy atom. The molecule has 1 unspecified atom stereocenters. The van der Waals surface area contributed by atoms with Gasteiger partial charge in [0, 0.05) is 24.8 Å². The van der Waals surface area contributed by atoms with Crippen LogP contribution in [0.15, 0.2) is 52.4 Å². The molecule has 1 aromatic carbocycles. The normalized spacial score (nSPS) is 17.8. The number of benzene rings is 1. The fourth-order valence-electron chi connectivity index (χ4n) is 3.01. The Balaban J connectivity index is 1.71. The third-order valence-corrected chi connectivity index (χ3v) is 4.51. The van der Waals surface area contributed by atoms with E-state index in [1.54, 1.807) is 12.3 Å². The van der Waals surface area contributed by atoms with Crippen LogP contribution >= 0.6 is 0 Å². The minimum atomic E-state index is -0.384. The molecule has 1 aliphatic rings. The van der Waals surface area contributed by atoms with E-state index in [1.165, 1.54) is 4.57 Å². The molecule has 0 amide bonds. The Hall–Kier alpha value is -2.60. The monoisotopic (exact) mass is 340 g/mol. The molecule has 25 heavy (non-hydrogen) atoms. The van der Waals surface area contributed by atoms with E-state index in [0.717, 1.165) is 31.4 Å². The maximum Gasteiger partial charge on any atom is 0.293 e. The fourth-order valence-corrected chi connectivity index (χ4v) is 3.01. The second-order valence-electron chi connectivity index (χ2n) is 6.34. The SMILES string of the molecule is NC1=NCCCCC1NCc1ccn(Cc2ccccc2)c(=O)c1O. The van der Waals surface area contributed by atoms with Crippen LogP contribution in [0.1, 0.15) is 30.4 Å². The molecule has 0 saturated heterocycles. The molecule has 3 rings (SSSR count). The van der Waals surface area contributed by atoms with Crippen LogP contribution < -0.4 is 16.6 Å². The lowest BCUT2D eigenvalue weighted by atomic mass is 10.1. The summed E-state index contributed by atoms with van der Waals surface area (Å²) in [7, 11) is 0. The first-order valence-electron chi connectivity index (χ1n) is 8.63. The van der Waals surface area contributed by atoms with Crippen LogP contribution in [0.5, 0.6) is 5.75 Å². The second-order valence-corrected chi connectivity index (χ2v) is 6.34. The topological polar surface area (TPSA) is 92.6 Å². The molecule has 0 fully saturated rings. The second kappa shape index (κ2) is 7.98.